The van der Waals surface area contributed by atoms with Crippen LogP contribution in [0.2, 0.25) is 0 Å². The van der Waals surface area contributed by atoms with E-state index in [-0.39, 0.29) is 18.2 Å². The Kier molecular flexibility index (Phi) is 6.51. The molecule has 0 atom stereocenters. The Labute approximate surface area is 177 Å². The molecule has 0 fully saturated rings. The van der Waals surface area contributed by atoms with Crippen LogP contribution in [0.3, 0.4) is 0 Å². The first-order chi connectivity index (χ1) is 14.3. The quantitative estimate of drug-likeness (QED) is 0.578. The molecule has 0 aliphatic rings. The molecule has 2 heterocycles. The van der Waals surface area contributed by atoms with Crippen LogP contribution in [0.4, 0.5) is 5.69 Å². The Hall–Kier alpha value is -3.20. The fourth-order valence-corrected chi connectivity index (χ4v) is 3.95. The van der Waals surface area contributed by atoms with Gasteiger partial charge in [0.2, 0.25) is 5.91 Å². The van der Waals surface area contributed by atoms with E-state index in [1.54, 1.807) is 39.0 Å². The van der Waals surface area contributed by atoms with Gasteiger partial charge in [-0.3, -0.25) is 14.2 Å². The SMILES string of the molecule is CCOc1ccccc1NC(=O)Cn1cnc2sc(C(=O)OC(C)C)c(C)c2c1=O. The molecule has 0 bridgehead atoms. The number of thiophene rings is 1. The van der Waals surface area contributed by atoms with Gasteiger partial charge in [-0.2, -0.15) is 0 Å². The van der Waals surface area contributed by atoms with E-state index >= 15 is 0 Å². The van der Waals surface area contributed by atoms with Gasteiger partial charge in [-0.15, -0.1) is 11.3 Å². The molecule has 0 aliphatic heterocycles. The third-order valence-corrected chi connectivity index (χ3v) is 5.40. The highest BCUT2D eigenvalue weighted by atomic mass is 32.1. The second-order valence-electron chi connectivity index (χ2n) is 6.85. The Balaban J connectivity index is 1.86. The molecular formula is C21H23N3O5S. The first-order valence-electron chi connectivity index (χ1n) is 9.53. The van der Waals surface area contributed by atoms with Crippen molar-refractivity contribution >= 4 is 39.1 Å². The van der Waals surface area contributed by atoms with Gasteiger partial charge in [0.25, 0.3) is 5.56 Å². The number of hydrogen-bond acceptors (Lipinski definition) is 7. The lowest BCUT2D eigenvalue weighted by molar-refractivity contribution is -0.116. The zero-order chi connectivity index (χ0) is 21.8. The van der Waals surface area contributed by atoms with E-state index in [4.69, 9.17) is 9.47 Å². The smallest absolute Gasteiger partial charge is 0.348 e. The first kappa shape index (κ1) is 21.5. The molecule has 0 saturated heterocycles. The first-order valence-corrected chi connectivity index (χ1v) is 10.3. The third kappa shape index (κ3) is 4.51. The maximum Gasteiger partial charge on any atom is 0.348 e. The molecule has 0 spiro atoms. The third-order valence-electron chi connectivity index (χ3n) is 4.22. The Morgan fingerprint density at radius 2 is 2.00 bits per heavy atom. The zero-order valence-corrected chi connectivity index (χ0v) is 18.0. The molecule has 0 aliphatic carbocycles. The Bertz CT molecular complexity index is 1150. The molecule has 158 valence electrons. The van der Waals surface area contributed by atoms with E-state index in [1.165, 1.54) is 10.9 Å². The van der Waals surface area contributed by atoms with Gasteiger partial charge >= 0.3 is 5.97 Å². The van der Waals surface area contributed by atoms with Crippen molar-refractivity contribution in [1.29, 1.82) is 0 Å². The van der Waals surface area contributed by atoms with E-state index in [1.807, 2.05) is 13.0 Å². The van der Waals surface area contributed by atoms with Gasteiger partial charge in [-0.05, 0) is 45.4 Å². The lowest BCUT2D eigenvalue weighted by Crippen LogP contribution is -2.28. The number of fused-ring (bicyclic) bond motifs is 1. The van der Waals surface area contributed by atoms with Crippen LogP contribution in [0.15, 0.2) is 35.4 Å². The normalized spacial score (nSPS) is 11.0. The average Bonchev–Trinajstić information content (AvgIpc) is 3.03. The largest absolute Gasteiger partial charge is 0.492 e. The summed E-state index contributed by atoms with van der Waals surface area (Å²) in [5, 5.41) is 3.08. The topological polar surface area (TPSA) is 99.5 Å². The van der Waals surface area contributed by atoms with E-state index in [2.05, 4.69) is 10.3 Å². The monoisotopic (exact) mass is 429 g/mol. The predicted octanol–water partition coefficient (Wildman–Crippen LogP) is 3.37. The molecule has 0 saturated carbocycles. The Morgan fingerprint density at radius 1 is 1.27 bits per heavy atom. The van der Waals surface area contributed by atoms with Crippen LogP contribution in [0.1, 0.15) is 36.0 Å². The number of aryl methyl sites for hydroxylation is 1. The van der Waals surface area contributed by atoms with Crippen LogP contribution in [-0.2, 0) is 16.1 Å². The number of ether oxygens (including phenoxy) is 2. The summed E-state index contributed by atoms with van der Waals surface area (Å²) in [5.74, 6) is -0.323. The molecule has 3 rings (SSSR count). The lowest BCUT2D eigenvalue weighted by Gasteiger charge is -2.11. The molecule has 1 N–H and O–H groups in total. The maximum absolute atomic E-state index is 12.9. The van der Waals surface area contributed by atoms with Crippen LogP contribution in [0.25, 0.3) is 10.2 Å². The number of nitrogens with zero attached hydrogens (tertiary/aromatic N) is 2. The number of anilines is 1. The summed E-state index contributed by atoms with van der Waals surface area (Å²) in [4.78, 5) is 42.8. The summed E-state index contributed by atoms with van der Waals surface area (Å²) in [6, 6.07) is 7.07. The van der Waals surface area contributed by atoms with Crippen molar-refractivity contribution in [2.45, 2.75) is 40.3 Å². The molecule has 3 aromatic rings. The van der Waals surface area contributed by atoms with Crippen LogP contribution in [0.5, 0.6) is 5.75 Å². The molecule has 1 aromatic carbocycles. The van der Waals surface area contributed by atoms with Gasteiger partial charge in [-0.25, -0.2) is 9.78 Å². The van der Waals surface area contributed by atoms with Gasteiger partial charge in [0.05, 0.1) is 30.1 Å². The number of nitrogens with one attached hydrogen (secondary N) is 1. The van der Waals surface area contributed by atoms with Crippen molar-refractivity contribution in [2.24, 2.45) is 0 Å². The molecule has 2 aromatic heterocycles. The minimum Gasteiger partial charge on any atom is -0.492 e. The molecule has 9 heteroatoms. The number of carbonyl (C=O) groups excluding carboxylic acids is 2. The van der Waals surface area contributed by atoms with Crippen LogP contribution in [0, 0.1) is 6.92 Å². The summed E-state index contributed by atoms with van der Waals surface area (Å²) in [6.07, 6.45) is 1.04. The molecule has 0 unspecified atom stereocenters. The van der Waals surface area contributed by atoms with Crippen molar-refractivity contribution in [2.75, 3.05) is 11.9 Å². The number of esters is 1. The highest BCUT2D eigenvalue weighted by Crippen LogP contribution is 2.28. The van der Waals surface area contributed by atoms with Gasteiger partial charge in [0.15, 0.2) is 0 Å². The lowest BCUT2D eigenvalue weighted by atomic mass is 10.2. The van der Waals surface area contributed by atoms with Crippen molar-refractivity contribution in [3.05, 3.63) is 51.4 Å². The number of benzene rings is 1. The number of rotatable bonds is 7. The number of aromatic nitrogens is 2. The summed E-state index contributed by atoms with van der Waals surface area (Å²) in [5.41, 5.74) is 0.650. The number of para-hydroxylation sites is 2. The summed E-state index contributed by atoms with van der Waals surface area (Å²) < 4.78 is 12.0. The minimum atomic E-state index is -0.485. The molecule has 8 nitrogen and oxygen atoms in total. The van der Waals surface area contributed by atoms with Crippen molar-refractivity contribution in [1.82, 2.24) is 9.55 Å². The molecular weight excluding hydrogens is 406 g/mol. The van der Waals surface area contributed by atoms with E-state index in [0.29, 0.717) is 38.7 Å². The van der Waals surface area contributed by atoms with E-state index < -0.39 is 11.9 Å². The molecule has 30 heavy (non-hydrogen) atoms. The van der Waals surface area contributed by atoms with Gasteiger partial charge in [0.1, 0.15) is 22.0 Å². The summed E-state index contributed by atoms with van der Waals surface area (Å²) in [6.45, 7) is 7.30. The van der Waals surface area contributed by atoms with Gasteiger partial charge in [0, 0.05) is 0 Å². The number of carbonyl (C=O) groups is 2. The van der Waals surface area contributed by atoms with E-state index in [9.17, 15) is 14.4 Å². The molecule has 0 radical (unpaired) electrons. The highest BCUT2D eigenvalue weighted by Gasteiger charge is 2.21. The average molecular weight is 429 g/mol. The van der Waals surface area contributed by atoms with Gasteiger partial charge < -0.3 is 14.8 Å². The number of hydrogen-bond donors (Lipinski definition) is 1. The summed E-state index contributed by atoms with van der Waals surface area (Å²) >= 11 is 1.11. The van der Waals surface area contributed by atoms with E-state index in [0.717, 1.165) is 11.3 Å². The Morgan fingerprint density at radius 3 is 2.70 bits per heavy atom. The number of amides is 1. The highest BCUT2D eigenvalue weighted by molar-refractivity contribution is 7.20. The van der Waals surface area contributed by atoms with Gasteiger partial charge in [-0.1, -0.05) is 12.1 Å². The second kappa shape index (κ2) is 9.08. The minimum absolute atomic E-state index is 0.219. The summed E-state index contributed by atoms with van der Waals surface area (Å²) in [7, 11) is 0. The van der Waals surface area contributed by atoms with Crippen molar-refractivity contribution < 1.29 is 19.1 Å². The fourth-order valence-electron chi connectivity index (χ4n) is 2.93. The standard InChI is InChI=1S/C21H23N3O5S/c1-5-28-15-9-7-6-8-14(15)23-16(25)10-24-11-22-19-17(20(24)26)13(4)18(30-19)21(27)29-12(2)3/h6-9,11-12H,5,10H2,1-4H3,(H,23,25). The predicted molar refractivity (Wildman–Crippen MR) is 115 cm³/mol. The van der Waals surface area contributed by atoms with Crippen molar-refractivity contribution in [3.63, 3.8) is 0 Å². The fraction of sp³-hybridized carbons (Fsp3) is 0.333. The second-order valence-corrected chi connectivity index (χ2v) is 7.84. The van der Waals surface area contributed by atoms with Crippen molar-refractivity contribution in [3.8, 4) is 5.75 Å². The van der Waals surface area contributed by atoms with Crippen LogP contribution in [-0.4, -0.2) is 34.1 Å². The van der Waals surface area contributed by atoms with Crippen LogP contribution < -0.4 is 15.6 Å². The van der Waals surface area contributed by atoms with Crippen LogP contribution >= 0.6 is 11.3 Å². The maximum atomic E-state index is 12.9. The molecule has 1 amide bonds. The zero-order valence-electron chi connectivity index (χ0n) is 17.2.